The molecule has 0 radical (unpaired) electrons. The van der Waals surface area contributed by atoms with Crippen molar-refractivity contribution in [2.24, 2.45) is 0 Å². The molecule has 3 nitrogen and oxygen atoms in total. The van der Waals surface area contributed by atoms with Gasteiger partial charge in [-0.3, -0.25) is 0 Å². The van der Waals surface area contributed by atoms with Crippen molar-refractivity contribution in [1.82, 2.24) is 4.98 Å². The molecule has 0 aliphatic rings. The molecule has 0 aliphatic carbocycles. The molecule has 0 N–H and O–H groups in total. The Morgan fingerprint density at radius 1 is 1.50 bits per heavy atom. The van der Waals surface area contributed by atoms with Gasteiger partial charge in [-0.05, 0) is 34.7 Å². The summed E-state index contributed by atoms with van der Waals surface area (Å²) in [6, 6.07) is 7.98. The van der Waals surface area contributed by atoms with Crippen molar-refractivity contribution in [3.63, 3.8) is 0 Å². The van der Waals surface area contributed by atoms with E-state index in [1.165, 1.54) is 18.4 Å². The van der Waals surface area contributed by atoms with E-state index in [0.717, 1.165) is 14.1 Å². The molecule has 2 aromatic rings. The van der Waals surface area contributed by atoms with E-state index in [1.54, 1.807) is 5.38 Å². The molecule has 1 heterocycles. The Kier molecular flexibility index (Phi) is 3.55. The third-order valence-corrected chi connectivity index (χ3v) is 3.53. The van der Waals surface area contributed by atoms with Gasteiger partial charge < -0.3 is 4.74 Å². The van der Waals surface area contributed by atoms with Gasteiger partial charge >= 0.3 is 5.97 Å². The zero-order valence-corrected chi connectivity index (χ0v) is 11.4. The van der Waals surface area contributed by atoms with Gasteiger partial charge in [-0.1, -0.05) is 12.1 Å². The van der Waals surface area contributed by atoms with Crippen LogP contribution in [0.4, 0.5) is 0 Å². The van der Waals surface area contributed by atoms with Crippen LogP contribution in [0.5, 0.6) is 0 Å². The van der Waals surface area contributed by atoms with Crippen LogP contribution < -0.4 is 0 Å². The highest BCUT2D eigenvalue weighted by molar-refractivity contribution is 14.1. The number of thiazole rings is 1. The predicted octanol–water partition coefficient (Wildman–Crippen LogP) is 3.20. The third kappa shape index (κ3) is 2.41. The highest BCUT2D eigenvalue weighted by Gasteiger charge is 2.11. The summed E-state index contributed by atoms with van der Waals surface area (Å²) in [5.41, 5.74) is 1.38. The number of aromatic nitrogens is 1. The van der Waals surface area contributed by atoms with E-state index in [9.17, 15) is 4.79 Å². The highest BCUT2D eigenvalue weighted by Crippen LogP contribution is 2.25. The maximum Gasteiger partial charge on any atom is 0.357 e. The van der Waals surface area contributed by atoms with Crippen molar-refractivity contribution >= 4 is 39.9 Å². The van der Waals surface area contributed by atoms with Crippen LogP contribution in [0.1, 0.15) is 10.5 Å². The fraction of sp³-hybridized carbons (Fsp3) is 0.0909. The zero-order valence-electron chi connectivity index (χ0n) is 8.44. The minimum atomic E-state index is -0.395. The third-order valence-electron chi connectivity index (χ3n) is 1.97. The van der Waals surface area contributed by atoms with Crippen LogP contribution in [-0.4, -0.2) is 18.1 Å². The van der Waals surface area contributed by atoms with Crippen LogP contribution in [0.3, 0.4) is 0 Å². The summed E-state index contributed by atoms with van der Waals surface area (Å²) in [5.74, 6) is -0.395. The Morgan fingerprint density at radius 3 is 3.00 bits per heavy atom. The number of benzene rings is 1. The lowest BCUT2D eigenvalue weighted by Crippen LogP contribution is -2.00. The number of halogens is 1. The fourth-order valence-electron chi connectivity index (χ4n) is 1.23. The van der Waals surface area contributed by atoms with Gasteiger partial charge in [0.25, 0.3) is 0 Å². The molecule has 0 amide bonds. The number of rotatable bonds is 2. The highest BCUT2D eigenvalue weighted by atomic mass is 127. The van der Waals surface area contributed by atoms with Gasteiger partial charge in [0, 0.05) is 14.5 Å². The SMILES string of the molecule is COC(=O)c1csc(-c2cccc(I)c2)n1. The van der Waals surface area contributed by atoms with Gasteiger partial charge in [-0.2, -0.15) is 0 Å². The monoisotopic (exact) mass is 345 g/mol. The van der Waals surface area contributed by atoms with Gasteiger partial charge in [0.2, 0.25) is 0 Å². The second-order valence-electron chi connectivity index (χ2n) is 3.04. The summed E-state index contributed by atoms with van der Waals surface area (Å²) >= 11 is 3.68. The first-order valence-corrected chi connectivity index (χ1v) is 6.46. The Bertz CT molecular complexity index is 524. The Morgan fingerprint density at radius 2 is 2.31 bits per heavy atom. The number of carbonyl (C=O) groups excluding carboxylic acids is 1. The molecule has 0 aliphatic heterocycles. The number of methoxy groups -OCH3 is 1. The predicted molar refractivity (Wildman–Crippen MR) is 71.6 cm³/mol. The summed E-state index contributed by atoms with van der Waals surface area (Å²) < 4.78 is 5.76. The zero-order chi connectivity index (χ0) is 11.5. The van der Waals surface area contributed by atoms with Crippen LogP contribution in [-0.2, 0) is 4.74 Å². The summed E-state index contributed by atoms with van der Waals surface area (Å²) in [4.78, 5) is 15.5. The van der Waals surface area contributed by atoms with Gasteiger partial charge in [0.15, 0.2) is 5.69 Å². The lowest BCUT2D eigenvalue weighted by molar-refractivity contribution is 0.0595. The molecule has 0 saturated heterocycles. The quantitative estimate of drug-likeness (QED) is 0.620. The minimum absolute atomic E-state index is 0.362. The van der Waals surface area contributed by atoms with E-state index in [1.807, 2.05) is 24.3 Å². The van der Waals surface area contributed by atoms with Crippen molar-refractivity contribution in [3.05, 3.63) is 38.9 Å². The lowest BCUT2D eigenvalue weighted by Gasteiger charge is -1.96. The van der Waals surface area contributed by atoms with Crippen LogP contribution in [0.2, 0.25) is 0 Å². The standard InChI is InChI=1S/C11H8INO2S/c1-15-11(14)9-6-16-10(13-9)7-3-2-4-8(12)5-7/h2-6H,1H3. The van der Waals surface area contributed by atoms with Crippen LogP contribution >= 0.6 is 33.9 Å². The first-order valence-electron chi connectivity index (χ1n) is 4.50. The lowest BCUT2D eigenvalue weighted by atomic mass is 10.2. The Labute approximate surface area is 111 Å². The summed E-state index contributed by atoms with van der Waals surface area (Å²) in [5, 5.41) is 2.54. The maximum absolute atomic E-state index is 11.2. The van der Waals surface area contributed by atoms with Crippen molar-refractivity contribution < 1.29 is 9.53 Å². The molecule has 16 heavy (non-hydrogen) atoms. The molecule has 1 aromatic carbocycles. The molecule has 0 bridgehead atoms. The minimum Gasteiger partial charge on any atom is -0.464 e. The molecule has 2 rings (SSSR count). The van der Waals surface area contributed by atoms with Crippen LogP contribution in [0.25, 0.3) is 10.6 Å². The molecule has 0 spiro atoms. The van der Waals surface area contributed by atoms with Crippen molar-refractivity contribution in [2.75, 3.05) is 7.11 Å². The van der Waals surface area contributed by atoms with Crippen molar-refractivity contribution in [1.29, 1.82) is 0 Å². The van der Waals surface area contributed by atoms with Gasteiger partial charge in [-0.25, -0.2) is 9.78 Å². The molecule has 0 fully saturated rings. The van der Waals surface area contributed by atoms with E-state index in [-0.39, 0.29) is 0 Å². The smallest absolute Gasteiger partial charge is 0.357 e. The largest absolute Gasteiger partial charge is 0.464 e. The molecule has 0 unspecified atom stereocenters. The molecule has 5 heteroatoms. The van der Waals surface area contributed by atoms with E-state index in [0.29, 0.717) is 5.69 Å². The Hall–Kier alpha value is -0.950. The van der Waals surface area contributed by atoms with Crippen molar-refractivity contribution in [2.45, 2.75) is 0 Å². The van der Waals surface area contributed by atoms with E-state index < -0.39 is 5.97 Å². The Balaban J connectivity index is 2.35. The number of carbonyl (C=O) groups is 1. The fourth-order valence-corrected chi connectivity index (χ4v) is 2.56. The molecule has 1 aromatic heterocycles. The second-order valence-corrected chi connectivity index (χ2v) is 5.14. The second kappa shape index (κ2) is 4.92. The number of nitrogens with zero attached hydrogens (tertiary/aromatic N) is 1. The maximum atomic E-state index is 11.2. The van der Waals surface area contributed by atoms with Gasteiger partial charge in [-0.15, -0.1) is 11.3 Å². The van der Waals surface area contributed by atoms with Gasteiger partial charge in [0.05, 0.1) is 7.11 Å². The average Bonchev–Trinajstić information content (AvgIpc) is 2.77. The number of esters is 1. The average molecular weight is 345 g/mol. The van der Waals surface area contributed by atoms with E-state index >= 15 is 0 Å². The molecule has 0 saturated carbocycles. The van der Waals surface area contributed by atoms with Crippen LogP contribution in [0, 0.1) is 3.57 Å². The summed E-state index contributed by atoms with van der Waals surface area (Å²) in [6.45, 7) is 0. The first-order chi connectivity index (χ1) is 7.70. The van der Waals surface area contributed by atoms with Crippen molar-refractivity contribution in [3.8, 4) is 10.6 Å². The topological polar surface area (TPSA) is 39.2 Å². The molecular formula is C11H8INO2S. The van der Waals surface area contributed by atoms with E-state index in [4.69, 9.17) is 0 Å². The molecule has 82 valence electrons. The van der Waals surface area contributed by atoms with Crippen LogP contribution in [0.15, 0.2) is 29.6 Å². The summed E-state index contributed by atoms with van der Waals surface area (Å²) in [6.07, 6.45) is 0. The summed E-state index contributed by atoms with van der Waals surface area (Å²) in [7, 11) is 1.35. The number of hydrogen-bond donors (Lipinski definition) is 0. The first kappa shape index (κ1) is 11.5. The number of hydrogen-bond acceptors (Lipinski definition) is 4. The molecule has 0 atom stereocenters. The number of ether oxygens (including phenoxy) is 1. The van der Waals surface area contributed by atoms with E-state index in [2.05, 4.69) is 32.3 Å². The molecular weight excluding hydrogens is 337 g/mol. The van der Waals surface area contributed by atoms with Gasteiger partial charge in [0.1, 0.15) is 5.01 Å². The normalized spacial score (nSPS) is 10.1.